The smallest absolute Gasteiger partial charge is 0.151 e. The number of rotatable bonds is 0. The van der Waals surface area contributed by atoms with E-state index in [-0.39, 0.29) is 6.17 Å². The predicted molar refractivity (Wildman–Crippen MR) is 81.8 cm³/mol. The van der Waals surface area contributed by atoms with Gasteiger partial charge in [0.15, 0.2) is 6.17 Å². The Labute approximate surface area is 125 Å². The highest BCUT2D eigenvalue weighted by molar-refractivity contribution is 6.09. The molecule has 6 heteroatoms. The standard InChI is InChI=1S/C15H23N5O/c1-9-16-13-12-11(18-19(13)3)5-4-10-6-7-15(2,21)8-20(10)14(12)17-9/h10,13,18,21H,4-8H2,1-3H3. The van der Waals surface area contributed by atoms with Crippen molar-refractivity contribution in [3.8, 4) is 0 Å². The van der Waals surface area contributed by atoms with Gasteiger partial charge in [-0.3, -0.25) is 0 Å². The number of aliphatic hydroxyl groups is 1. The fourth-order valence-corrected chi connectivity index (χ4v) is 3.98. The zero-order chi connectivity index (χ0) is 14.8. The number of hydrogen-bond acceptors (Lipinski definition) is 6. The average molecular weight is 289 g/mol. The van der Waals surface area contributed by atoms with Gasteiger partial charge >= 0.3 is 0 Å². The molecule has 1 saturated heterocycles. The summed E-state index contributed by atoms with van der Waals surface area (Å²) in [5, 5.41) is 12.6. The van der Waals surface area contributed by atoms with Crippen LogP contribution >= 0.6 is 0 Å². The quantitative estimate of drug-likeness (QED) is 0.694. The summed E-state index contributed by atoms with van der Waals surface area (Å²) in [7, 11) is 2.03. The number of amidine groups is 2. The van der Waals surface area contributed by atoms with E-state index in [0.29, 0.717) is 12.6 Å². The van der Waals surface area contributed by atoms with E-state index in [1.165, 1.54) is 11.3 Å². The molecule has 3 atom stereocenters. The number of allylic oxidation sites excluding steroid dienone is 1. The lowest BCUT2D eigenvalue weighted by Gasteiger charge is -2.44. The van der Waals surface area contributed by atoms with Crippen LogP contribution in [0.4, 0.5) is 0 Å². The molecule has 2 N–H and O–H groups in total. The normalized spacial score (nSPS) is 39.1. The van der Waals surface area contributed by atoms with Crippen LogP contribution in [-0.4, -0.2) is 58.1 Å². The van der Waals surface area contributed by atoms with E-state index in [4.69, 9.17) is 4.99 Å². The first-order valence-corrected chi connectivity index (χ1v) is 7.80. The summed E-state index contributed by atoms with van der Waals surface area (Å²) in [6.07, 6.45) is 4.07. The third-order valence-electron chi connectivity index (χ3n) is 5.05. The molecule has 4 aliphatic heterocycles. The van der Waals surface area contributed by atoms with Crippen molar-refractivity contribution in [2.24, 2.45) is 9.98 Å². The Morgan fingerprint density at radius 1 is 1.38 bits per heavy atom. The van der Waals surface area contributed by atoms with Crippen LogP contribution in [0.25, 0.3) is 0 Å². The maximum absolute atomic E-state index is 10.5. The van der Waals surface area contributed by atoms with Crippen LogP contribution < -0.4 is 5.43 Å². The Kier molecular flexibility index (Phi) is 2.72. The summed E-state index contributed by atoms with van der Waals surface area (Å²) in [6.45, 7) is 4.55. The lowest BCUT2D eigenvalue weighted by Crippen LogP contribution is -2.55. The molecule has 1 fully saturated rings. The predicted octanol–water partition coefficient (Wildman–Crippen LogP) is 0.856. The Bertz CT molecular complexity index is 577. The molecule has 0 radical (unpaired) electrons. The molecule has 4 heterocycles. The van der Waals surface area contributed by atoms with Crippen LogP contribution in [-0.2, 0) is 0 Å². The van der Waals surface area contributed by atoms with Gasteiger partial charge < -0.3 is 15.4 Å². The lowest BCUT2D eigenvalue weighted by atomic mass is 9.88. The van der Waals surface area contributed by atoms with Gasteiger partial charge in [-0.25, -0.2) is 9.98 Å². The molecule has 0 bridgehead atoms. The van der Waals surface area contributed by atoms with Gasteiger partial charge in [-0.1, -0.05) is 0 Å². The van der Waals surface area contributed by atoms with E-state index >= 15 is 0 Å². The van der Waals surface area contributed by atoms with Crippen LogP contribution in [0, 0.1) is 0 Å². The number of nitrogens with one attached hydrogen (secondary N) is 1. The van der Waals surface area contributed by atoms with Gasteiger partial charge in [0.2, 0.25) is 0 Å². The largest absolute Gasteiger partial charge is 0.388 e. The van der Waals surface area contributed by atoms with Crippen molar-refractivity contribution in [3.63, 3.8) is 0 Å². The lowest BCUT2D eigenvalue weighted by molar-refractivity contribution is -0.0141. The molecule has 0 aromatic heterocycles. The molecule has 0 amide bonds. The second-order valence-electron chi connectivity index (χ2n) is 6.96. The van der Waals surface area contributed by atoms with Crippen molar-refractivity contribution < 1.29 is 5.11 Å². The summed E-state index contributed by atoms with van der Waals surface area (Å²) in [4.78, 5) is 11.7. The molecule has 3 unspecified atom stereocenters. The first-order valence-electron chi connectivity index (χ1n) is 7.80. The molecule has 0 spiro atoms. The van der Waals surface area contributed by atoms with Crippen LogP contribution in [0.1, 0.15) is 39.5 Å². The number of hydrazine groups is 1. The number of fused-ring (bicyclic) bond motifs is 2. The molecule has 0 aromatic carbocycles. The van der Waals surface area contributed by atoms with Crippen molar-refractivity contribution in [2.75, 3.05) is 13.6 Å². The van der Waals surface area contributed by atoms with Crippen molar-refractivity contribution >= 4 is 11.7 Å². The molecule has 0 aromatic rings. The van der Waals surface area contributed by atoms with E-state index in [2.05, 4.69) is 20.3 Å². The summed E-state index contributed by atoms with van der Waals surface area (Å²) in [6, 6.07) is 0.480. The van der Waals surface area contributed by atoms with Gasteiger partial charge in [-0.2, -0.15) is 5.01 Å². The highest BCUT2D eigenvalue weighted by atomic mass is 16.3. The number of likely N-dealkylation sites (N-methyl/N-ethyl adjacent to an activating group) is 1. The first kappa shape index (κ1) is 13.3. The Hall–Kier alpha value is -1.40. The fraction of sp³-hybridized carbons (Fsp3) is 0.733. The fourth-order valence-electron chi connectivity index (χ4n) is 3.98. The second-order valence-corrected chi connectivity index (χ2v) is 6.96. The third kappa shape index (κ3) is 2.00. The van der Waals surface area contributed by atoms with E-state index in [1.54, 1.807) is 0 Å². The van der Waals surface area contributed by atoms with E-state index in [1.807, 2.05) is 20.9 Å². The Morgan fingerprint density at radius 2 is 2.19 bits per heavy atom. The molecule has 114 valence electrons. The molecule has 4 rings (SSSR count). The third-order valence-corrected chi connectivity index (χ3v) is 5.05. The highest BCUT2D eigenvalue weighted by Crippen LogP contribution is 2.38. The summed E-state index contributed by atoms with van der Waals surface area (Å²) in [5.41, 5.74) is 5.30. The number of nitrogens with zero attached hydrogens (tertiary/aromatic N) is 4. The molecule has 0 aliphatic carbocycles. The molecule has 21 heavy (non-hydrogen) atoms. The zero-order valence-electron chi connectivity index (χ0n) is 12.9. The van der Waals surface area contributed by atoms with Gasteiger partial charge in [0.25, 0.3) is 0 Å². The van der Waals surface area contributed by atoms with Crippen LogP contribution in [0.5, 0.6) is 0 Å². The van der Waals surface area contributed by atoms with Crippen LogP contribution in [0.3, 0.4) is 0 Å². The van der Waals surface area contributed by atoms with Gasteiger partial charge in [0.05, 0.1) is 11.2 Å². The summed E-state index contributed by atoms with van der Waals surface area (Å²) < 4.78 is 0. The minimum atomic E-state index is -0.625. The summed E-state index contributed by atoms with van der Waals surface area (Å²) in [5.74, 6) is 1.85. The van der Waals surface area contributed by atoms with Crippen molar-refractivity contribution in [1.82, 2.24) is 15.3 Å². The minimum Gasteiger partial charge on any atom is -0.388 e. The van der Waals surface area contributed by atoms with Gasteiger partial charge in [-0.05, 0) is 39.5 Å². The molecular weight excluding hydrogens is 266 g/mol. The maximum atomic E-state index is 10.5. The van der Waals surface area contributed by atoms with Gasteiger partial charge in [0.1, 0.15) is 11.7 Å². The van der Waals surface area contributed by atoms with Crippen molar-refractivity contribution in [1.29, 1.82) is 0 Å². The van der Waals surface area contributed by atoms with Crippen LogP contribution in [0.2, 0.25) is 0 Å². The van der Waals surface area contributed by atoms with E-state index < -0.39 is 5.60 Å². The zero-order valence-corrected chi connectivity index (χ0v) is 12.9. The molecule has 4 aliphatic rings. The van der Waals surface area contributed by atoms with Crippen molar-refractivity contribution in [2.45, 2.75) is 57.3 Å². The van der Waals surface area contributed by atoms with Crippen LogP contribution in [0.15, 0.2) is 21.3 Å². The topological polar surface area (TPSA) is 63.5 Å². The molecule has 6 nitrogen and oxygen atoms in total. The number of aliphatic imine (C=N–C) groups is 2. The van der Waals surface area contributed by atoms with Crippen molar-refractivity contribution in [3.05, 3.63) is 11.3 Å². The average Bonchev–Trinajstić information content (AvgIpc) is 2.64. The molecular formula is C15H23N5O. The van der Waals surface area contributed by atoms with E-state index in [9.17, 15) is 5.11 Å². The highest BCUT2D eigenvalue weighted by Gasteiger charge is 2.44. The van der Waals surface area contributed by atoms with E-state index in [0.717, 1.165) is 37.4 Å². The first-order chi connectivity index (χ1) is 9.94. The Morgan fingerprint density at radius 3 is 3.00 bits per heavy atom. The second kappa shape index (κ2) is 4.30. The van der Waals surface area contributed by atoms with Gasteiger partial charge in [0, 0.05) is 25.3 Å². The SMILES string of the molecule is CC1=NC2C3=C(CCC4CCC(C)(O)CN4C3=N1)NN2C. The van der Waals surface area contributed by atoms with Gasteiger partial charge in [-0.15, -0.1) is 0 Å². The monoisotopic (exact) mass is 289 g/mol. The number of hydrogen-bond donors (Lipinski definition) is 2. The summed E-state index contributed by atoms with van der Waals surface area (Å²) >= 11 is 0. The molecule has 0 saturated carbocycles. The maximum Gasteiger partial charge on any atom is 0.151 e. The minimum absolute atomic E-state index is 0.0260. The Balaban J connectivity index is 1.79. The number of piperidine rings is 1.